The molecule has 0 amide bonds. The van der Waals surface area contributed by atoms with Gasteiger partial charge in [0.05, 0.1) is 24.0 Å². The lowest BCUT2D eigenvalue weighted by Gasteiger charge is -2.34. The Morgan fingerprint density at radius 2 is 1.96 bits per heavy atom. The molecule has 0 spiro atoms. The van der Waals surface area contributed by atoms with Crippen LogP contribution in [0.3, 0.4) is 0 Å². The van der Waals surface area contributed by atoms with Crippen LogP contribution < -0.4 is 5.69 Å². The van der Waals surface area contributed by atoms with Crippen molar-refractivity contribution in [2.24, 2.45) is 0 Å². The SMILES string of the molecule is O=c1n(C2CC(c3cccnc3)C2)nc2n1[C@H](c1cnccn1)CC2. The second-order valence-corrected chi connectivity index (χ2v) is 6.81. The van der Waals surface area contributed by atoms with Crippen LogP contribution in [0, 0.1) is 0 Å². The molecule has 0 radical (unpaired) electrons. The molecule has 7 nitrogen and oxygen atoms in total. The van der Waals surface area contributed by atoms with Gasteiger partial charge >= 0.3 is 5.69 Å². The summed E-state index contributed by atoms with van der Waals surface area (Å²) in [5.74, 6) is 1.34. The summed E-state index contributed by atoms with van der Waals surface area (Å²) in [5.41, 5.74) is 2.07. The van der Waals surface area contributed by atoms with Crippen LogP contribution in [0.5, 0.6) is 0 Å². The first kappa shape index (κ1) is 14.5. The lowest BCUT2D eigenvalue weighted by atomic mass is 9.76. The molecule has 25 heavy (non-hydrogen) atoms. The molecule has 1 fully saturated rings. The van der Waals surface area contributed by atoms with Gasteiger partial charge in [0.2, 0.25) is 0 Å². The van der Waals surface area contributed by atoms with Crippen molar-refractivity contribution in [3.8, 4) is 0 Å². The van der Waals surface area contributed by atoms with Crippen LogP contribution in [0.15, 0.2) is 47.9 Å². The largest absolute Gasteiger partial charge is 0.346 e. The van der Waals surface area contributed by atoms with Crippen LogP contribution in [0.4, 0.5) is 0 Å². The molecule has 1 aliphatic carbocycles. The van der Waals surface area contributed by atoms with Gasteiger partial charge in [0, 0.05) is 31.2 Å². The number of rotatable bonds is 3. The third-order valence-corrected chi connectivity index (χ3v) is 5.40. The van der Waals surface area contributed by atoms with Gasteiger partial charge in [0.15, 0.2) is 0 Å². The van der Waals surface area contributed by atoms with Crippen molar-refractivity contribution in [2.45, 2.75) is 43.7 Å². The van der Waals surface area contributed by atoms with Gasteiger partial charge in [-0.15, -0.1) is 0 Å². The molecule has 126 valence electrons. The van der Waals surface area contributed by atoms with Gasteiger partial charge in [-0.05, 0) is 36.8 Å². The van der Waals surface area contributed by atoms with E-state index < -0.39 is 0 Å². The zero-order valence-corrected chi connectivity index (χ0v) is 13.7. The smallest absolute Gasteiger partial charge is 0.270 e. The lowest BCUT2D eigenvalue weighted by molar-refractivity contribution is 0.236. The molecule has 7 heteroatoms. The average molecular weight is 334 g/mol. The first-order chi connectivity index (χ1) is 12.3. The lowest BCUT2D eigenvalue weighted by Crippen LogP contribution is -2.35. The van der Waals surface area contributed by atoms with E-state index in [0.717, 1.165) is 37.2 Å². The van der Waals surface area contributed by atoms with Crippen molar-refractivity contribution in [3.05, 3.63) is 70.7 Å². The molecule has 2 aliphatic rings. The van der Waals surface area contributed by atoms with Gasteiger partial charge in [-0.3, -0.25) is 19.5 Å². The number of hydrogen-bond donors (Lipinski definition) is 0. The van der Waals surface area contributed by atoms with Crippen LogP contribution in [0.1, 0.15) is 54.3 Å². The number of aryl methyl sites for hydroxylation is 1. The minimum Gasteiger partial charge on any atom is -0.270 e. The predicted molar refractivity (Wildman–Crippen MR) is 90.2 cm³/mol. The highest BCUT2D eigenvalue weighted by Gasteiger charge is 2.37. The van der Waals surface area contributed by atoms with Gasteiger partial charge in [-0.2, -0.15) is 5.10 Å². The van der Waals surface area contributed by atoms with Crippen molar-refractivity contribution in [2.75, 3.05) is 0 Å². The summed E-state index contributed by atoms with van der Waals surface area (Å²) in [6.07, 6.45) is 12.3. The van der Waals surface area contributed by atoms with E-state index in [-0.39, 0.29) is 17.8 Å². The highest BCUT2D eigenvalue weighted by molar-refractivity contribution is 5.19. The normalized spacial score (nSPS) is 24.7. The average Bonchev–Trinajstić information content (AvgIpc) is 3.17. The quantitative estimate of drug-likeness (QED) is 0.731. The first-order valence-electron chi connectivity index (χ1n) is 8.67. The topological polar surface area (TPSA) is 78.5 Å². The minimum absolute atomic E-state index is 0.0159. The molecule has 5 rings (SSSR count). The fourth-order valence-corrected chi connectivity index (χ4v) is 3.99. The van der Waals surface area contributed by atoms with Gasteiger partial charge in [0.25, 0.3) is 0 Å². The van der Waals surface area contributed by atoms with E-state index >= 15 is 0 Å². The Kier molecular flexibility index (Phi) is 3.26. The van der Waals surface area contributed by atoms with Gasteiger partial charge in [0.1, 0.15) is 5.82 Å². The monoisotopic (exact) mass is 334 g/mol. The third kappa shape index (κ3) is 2.30. The summed E-state index contributed by atoms with van der Waals surface area (Å²) in [6, 6.07) is 4.21. The molecule has 3 aromatic heterocycles. The fourth-order valence-electron chi connectivity index (χ4n) is 3.99. The molecule has 3 aromatic rings. The molecule has 0 unspecified atom stereocenters. The summed E-state index contributed by atoms with van der Waals surface area (Å²) in [6.45, 7) is 0. The molecule has 4 heterocycles. The highest BCUT2D eigenvalue weighted by Crippen LogP contribution is 2.43. The standard InChI is InChI=1S/C18H18N6O/c25-18-23-16(15-11-20-6-7-21-15)3-4-17(23)22-24(18)14-8-13(9-14)12-2-1-5-19-10-12/h1-2,5-7,10-11,13-14,16H,3-4,8-9H2/t13?,14?,16-/m0/s1. The molecular formula is C18H18N6O. The summed E-state index contributed by atoms with van der Waals surface area (Å²) >= 11 is 0. The van der Waals surface area contributed by atoms with E-state index in [2.05, 4.69) is 26.1 Å². The zero-order valence-electron chi connectivity index (χ0n) is 13.7. The first-order valence-corrected chi connectivity index (χ1v) is 8.67. The van der Waals surface area contributed by atoms with Crippen molar-refractivity contribution in [3.63, 3.8) is 0 Å². The zero-order chi connectivity index (χ0) is 16.8. The maximum atomic E-state index is 12.9. The van der Waals surface area contributed by atoms with E-state index in [0.29, 0.717) is 5.92 Å². The van der Waals surface area contributed by atoms with Crippen molar-refractivity contribution in [1.82, 2.24) is 29.3 Å². The molecule has 0 N–H and O–H groups in total. The molecule has 0 saturated heterocycles. The van der Waals surface area contributed by atoms with E-state index in [1.54, 1.807) is 34.0 Å². The van der Waals surface area contributed by atoms with E-state index in [9.17, 15) is 4.79 Å². The van der Waals surface area contributed by atoms with Crippen molar-refractivity contribution < 1.29 is 0 Å². The van der Waals surface area contributed by atoms with Crippen LogP contribution in [0.2, 0.25) is 0 Å². The Balaban J connectivity index is 1.40. The fraction of sp³-hybridized carbons (Fsp3) is 0.389. The Morgan fingerprint density at radius 3 is 2.72 bits per heavy atom. The maximum Gasteiger partial charge on any atom is 0.346 e. The van der Waals surface area contributed by atoms with Gasteiger partial charge in [-0.25, -0.2) is 9.48 Å². The Hall–Kier alpha value is -2.83. The molecule has 1 atom stereocenters. The number of hydrogen-bond acceptors (Lipinski definition) is 5. The number of nitrogens with zero attached hydrogens (tertiary/aromatic N) is 6. The summed E-state index contributed by atoms with van der Waals surface area (Å²) in [4.78, 5) is 25.6. The molecular weight excluding hydrogens is 316 g/mol. The Labute approximate surface area is 144 Å². The van der Waals surface area contributed by atoms with Crippen LogP contribution in [0.25, 0.3) is 0 Å². The summed E-state index contributed by atoms with van der Waals surface area (Å²) < 4.78 is 3.49. The van der Waals surface area contributed by atoms with Crippen LogP contribution in [-0.4, -0.2) is 29.3 Å². The van der Waals surface area contributed by atoms with Crippen molar-refractivity contribution in [1.29, 1.82) is 0 Å². The van der Waals surface area contributed by atoms with Gasteiger partial charge in [-0.1, -0.05) is 6.07 Å². The van der Waals surface area contributed by atoms with E-state index in [1.807, 2.05) is 12.3 Å². The van der Waals surface area contributed by atoms with E-state index in [1.165, 1.54) is 5.56 Å². The molecule has 1 aliphatic heterocycles. The number of aromatic nitrogens is 6. The molecule has 0 bridgehead atoms. The van der Waals surface area contributed by atoms with Crippen LogP contribution in [-0.2, 0) is 6.42 Å². The number of fused-ring (bicyclic) bond motifs is 1. The molecule has 0 aromatic carbocycles. The predicted octanol–water partition coefficient (Wildman–Crippen LogP) is 1.88. The second kappa shape index (κ2) is 5.61. The van der Waals surface area contributed by atoms with E-state index in [4.69, 9.17) is 0 Å². The second-order valence-electron chi connectivity index (χ2n) is 6.81. The highest BCUT2D eigenvalue weighted by atomic mass is 16.2. The van der Waals surface area contributed by atoms with Crippen molar-refractivity contribution >= 4 is 0 Å². The summed E-state index contributed by atoms with van der Waals surface area (Å²) in [5, 5.41) is 4.62. The minimum atomic E-state index is -0.0425. The number of pyridine rings is 1. The summed E-state index contributed by atoms with van der Waals surface area (Å²) in [7, 11) is 0. The Bertz CT molecular complexity index is 943. The molecule has 1 saturated carbocycles. The Morgan fingerprint density at radius 1 is 1.08 bits per heavy atom. The van der Waals surface area contributed by atoms with Gasteiger partial charge < -0.3 is 0 Å². The van der Waals surface area contributed by atoms with Crippen LogP contribution >= 0.6 is 0 Å². The third-order valence-electron chi connectivity index (χ3n) is 5.40. The maximum absolute atomic E-state index is 12.9.